The zero-order valence-electron chi connectivity index (χ0n) is 19.0. The summed E-state index contributed by atoms with van der Waals surface area (Å²) in [7, 11) is 1.57. The van der Waals surface area contributed by atoms with Crippen LogP contribution in [0.15, 0.2) is 60.7 Å². The second-order valence-corrected chi connectivity index (χ2v) is 8.84. The summed E-state index contributed by atoms with van der Waals surface area (Å²) < 4.78 is 11.4. The zero-order chi connectivity index (χ0) is 23.8. The van der Waals surface area contributed by atoms with E-state index in [-0.39, 0.29) is 12.5 Å². The topological polar surface area (TPSA) is 59.6 Å². The highest BCUT2D eigenvalue weighted by atomic mass is 35.5. The van der Waals surface area contributed by atoms with E-state index in [1.54, 1.807) is 13.2 Å². The number of hydrogen-bond acceptors (Lipinski definition) is 4. The van der Waals surface area contributed by atoms with E-state index in [0.717, 1.165) is 16.8 Å². The molecule has 33 heavy (non-hydrogen) atoms. The van der Waals surface area contributed by atoms with Crippen LogP contribution in [0.2, 0.25) is 10.0 Å². The number of nitrogens with one attached hydrogen (secondary N) is 2. The number of carbonyl (C=O) groups is 1. The quantitative estimate of drug-likeness (QED) is 0.339. The number of carbonyl (C=O) groups excluding carboxylic acids is 1. The summed E-state index contributed by atoms with van der Waals surface area (Å²) >= 11 is 12.7. The highest BCUT2D eigenvalue weighted by Gasteiger charge is 2.14. The number of halogens is 2. The van der Waals surface area contributed by atoms with Crippen LogP contribution in [0, 0.1) is 5.92 Å². The van der Waals surface area contributed by atoms with Gasteiger partial charge in [-0.15, -0.1) is 0 Å². The lowest BCUT2D eigenvalue weighted by atomic mass is 10.1. The van der Waals surface area contributed by atoms with Crippen LogP contribution >= 0.6 is 23.2 Å². The first-order valence-electron chi connectivity index (χ1n) is 10.7. The molecule has 2 N–H and O–H groups in total. The van der Waals surface area contributed by atoms with Crippen molar-refractivity contribution in [1.29, 1.82) is 0 Å². The van der Waals surface area contributed by atoms with Crippen LogP contribution in [0.5, 0.6) is 11.5 Å². The molecule has 0 aromatic heterocycles. The Morgan fingerprint density at radius 3 is 2.52 bits per heavy atom. The van der Waals surface area contributed by atoms with Crippen molar-refractivity contribution in [3.63, 3.8) is 0 Å². The molecule has 0 heterocycles. The summed E-state index contributed by atoms with van der Waals surface area (Å²) in [4.78, 5) is 12.3. The summed E-state index contributed by atoms with van der Waals surface area (Å²) in [6.07, 6.45) is 0. The van der Waals surface area contributed by atoms with Crippen molar-refractivity contribution < 1.29 is 14.3 Å². The van der Waals surface area contributed by atoms with E-state index in [4.69, 9.17) is 32.7 Å². The Balaban J connectivity index is 1.67. The Morgan fingerprint density at radius 1 is 1.00 bits per heavy atom. The minimum absolute atomic E-state index is 0.0860. The summed E-state index contributed by atoms with van der Waals surface area (Å²) in [6.45, 7) is 5.53. The first kappa shape index (κ1) is 24.7. The van der Waals surface area contributed by atoms with Gasteiger partial charge in [0.1, 0.15) is 6.61 Å². The van der Waals surface area contributed by atoms with E-state index in [0.29, 0.717) is 46.1 Å². The number of anilines is 1. The largest absolute Gasteiger partial charge is 0.493 e. The lowest BCUT2D eigenvalue weighted by Crippen LogP contribution is -2.27. The van der Waals surface area contributed by atoms with Crippen LogP contribution in [0.4, 0.5) is 5.69 Å². The summed E-state index contributed by atoms with van der Waals surface area (Å²) in [5, 5.41) is 7.34. The van der Waals surface area contributed by atoms with Crippen molar-refractivity contribution >= 4 is 34.8 Å². The highest BCUT2D eigenvalue weighted by molar-refractivity contribution is 6.32. The molecule has 0 fully saturated rings. The third-order valence-electron chi connectivity index (χ3n) is 4.91. The number of amides is 1. The average molecular weight is 487 g/mol. The molecule has 0 radical (unpaired) electrons. The summed E-state index contributed by atoms with van der Waals surface area (Å²) in [5.74, 6) is 1.31. The first-order valence-corrected chi connectivity index (χ1v) is 11.5. The average Bonchev–Trinajstić information content (AvgIpc) is 2.81. The molecule has 5 nitrogen and oxygen atoms in total. The van der Waals surface area contributed by atoms with E-state index in [1.165, 1.54) is 0 Å². The molecule has 3 aromatic rings. The van der Waals surface area contributed by atoms with Gasteiger partial charge in [-0.05, 0) is 47.9 Å². The third kappa shape index (κ3) is 7.04. The second kappa shape index (κ2) is 11.8. The van der Waals surface area contributed by atoms with Gasteiger partial charge in [0.15, 0.2) is 11.5 Å². The Labute approximate surface area is 205 Å². The Kier molecular flexibility index (Phi) is 8.87. The van der Waals surface area contributed by atoms with Gasteiger partial charge in [0.25, 0.3) is 5.91 Å². The second-order valence-electron chi connectivity index (χ2n) is 8.03. The third-order valence-corrected chi connectivity index (χ3v) is 5.56. The molecule has 0 saturated carbocycles. The molecule has 0 aliphatic carbocycles. The lowest BCUT2D eigenvalue weighted by molar-refractivity contribution is 0.0949. The lowest BCUT2D eigenvalue weighted by Gasteiger charge is -2.15. The normalized spacial score (nSPS) is 10.7. The van der Waals surface area contributed by atoms with Gasteiger partial charge in [-0.3, -0.25) is 4.79 Å². The highest BCUT2D eigenvalue weighted by Crippen LogP contribution is 2.37. The number of ether oxygens (including phenoxy) is 2. The predicted octanol–water partition coefficient (Wildman–Crippen LogP) is 6.58. The maximum absolute atomic E-state index is 12.3. The molecule has 0 saturated heterocycles. The molecular formula is C26H28Cl2N2O3. The van der Waals surface area contributed by atoms with Gasteiger partial charge in [-0.1, -0.05) is 61.3 Å². The molecule has 0 atom stereocenters. The number of benzene rings is 3. The van der Waals surface area contributed by atoms with Crippen LogP contribution in [0.25, 0.3) is 0 Å². The minimum atomic E-state index is -0.0860. The van der Waals surface area contributed by atoms with Gasteiger partial charge < -0.3 is 20.1 Å². The van der Waals surface area contributed by atoms with Crippen LogP contribution in [0.3, 0.4) is 0 Å². The maximum atomic E-state index is 12.3. The fraction of sp³-hybridized carbons (Fsp3) is 0.269. The molecule has 0 aliphatic heterocycles. The van der Waals surface area contributed by atoms with Gasteiger partial charge >= 0.3 is 0 Å². The molecule has 0 aliphatic rings. The molecular weight excluding hydrogens is 459 g/mol. The van der Waals surface area contributed by atoms with E-state index in [9.17, 15) is 4.79 Å². The molecule has 0 bridgehead atoms. The summed E-state index contributed by atoms with van der Waals surface area (Å²) in [5.41, 5.74) is 3.22. The number of methoxy groups -OCH3 is 1. The van der Waals surface area contributed by atoms with Gasteiger partial charge in [0.2, 0.25) is 0 Å². The van der Waals surface area contributed by atoms with Crippen molar-refractivity contribution in [3.05, 3.63) is 87.4 Å². The SMILES string of the molecule is COc1cc(CNc2cccc(C(=O)NCC(C)C)c2)cc(Cl)c1OCc1ccccc1Cl. The molecule has 3 rings (SSSR count). The molecule has 3 aromatic carbocycles. The van der Waals surface area contributed by atoms with Crippen molar-refractivity contribution in [2.24, 2.45) is 5.92 Å². The van der Waals surface area contributed by atoms with Crippen molar-refractivity contribution in [3.8, 4) is 11.5 Å². The Bertz CT molecular complexity index is 1100. The Hall–Kier alpha value is -2.89. The van der Waals surface area contributed by atoms with Crippen molar-refractivity contribution in [2.45, 2.75) is 27.0 Å². The molecule has 1 amide bonds. The van der Waals surface area contributed by atoms with Crippen LogP contribution in [0.1, 0.15) is 35.3 Å². The van der Waals surface area contributed by atoms with E-state index >= 15 is 0 Å². The minimum Gasteiger partial charge on any atom is -0.493 e. The van der Waals surface area contributed by atoms with E-state index < -0.39 is 0 Å². The van der Waals surface area contributed by atoms with Gasteiger partial charge in [0, 0.05) is 34.9 Å². The van der Waals surface area contributed by atoms with E-state index in [1.807, 2.05) is 54.6 Å². The first-order chi connectivity index (χ1) is 15.9. The van der Waals surface area contributed by atoms with Crippen LogP contribution in [-0.4, -0.2) is 19.6 Å². The van der Waals surface area contributed by atoms with Gasteiger partial charge in [-0.25, -0.2) is 0 Å². The molecule has 7 heteroatoms. The fourth-order valence-electron chi connectivity index (χ4n) is 3.15. The monoisotopic (exact) mass is 486 g/mol. The maximum Gasteiger partial charge on any atom is 0.251 e. The van der Waals surface area contributed by atoms with Gasteiger partial charge in [-0.2, -0.15) is 0 Å². The van der Waals surface area contributed by atoms with Crippen molar-refractivity contribution in [1.82, 2.24) is 5.32 Å². The molecule has 0 unspecified atom stereocenters. The number of hydrogen-bond donors (Lipinski definition) is 2. The zero-order valence-corrected chi connectivity index (χ0v) is 20.5. The number of rotatable bonds is 10. The Morgan fingerprint density at radius 2 is 1.79 bits per heavy atom. The van der Waals surface area contributed by atoms with Crippen LogP contribution < -0.4 is 20.1 Å². The smallest absolute Gasteiger partial charge is 0.251 e. The molecule has 0 spiro atoms. The van der Waals surface area contributed by atoms with E-state index in [2.05, 4.69) is 24.5 Å². The van der Waals surface area contributed by atoms with Crippen LogP contribution in [-0.2, 0) is 13.2 Å². The fourth-order valence-corrected chi connectivity index (χ4v) is 3.63. The van der Waals surface area contributed by atoms with Crippen molar-refractivity contribution in [2.75, 3.05) is 19.0 Å². The molecule has 174 valence electrons. The summed E-state index contributed by atoms with van der Waals surface area (Å²) in [6, 6.07) is 18.6. The standard InChI is InChI=1S/C26H28Cl2N2O3/c1-17(2)14-30-26(31)19-8-6-9-21(13-19)29-15-18-11-23(28)25(24(12-18)32-3)33-16-20-7-4-5-10-22(20)27/h4-13,17,29H,14-16H2,1-3H3,(H,30,31). The predicted molar refractivity (Wildman–Crippen MR) is 135 cm³/mol. The van der Waals surface area contributed by atoms with Gasteiger partial charge in [0.05, 0.1) is 12.1 Å².